The summed E-state index contributed by atoms with van der Waals surface area (Å²) in [5.74, 6) is 0.898. The van der Waals surface area contributed by atoms with E-state index in [1.807, 2.05) is 30.3 Å². The molecular weight excluding hydrogens is 244 g/mol. The molecule has 1 nitrogen and oxygen atoms in total. The van der Waals surface area contributed by atoms with Gasteiger partial charge in [-0.1, -0.05) is 66.7 Å². The van der Waals surface area contributed by atoms with E-state index in [0.717, 1.165) is 5.75 Å². The zero-order valence-electron chi connectivity index (χ0n) is 11.2. The van der Waals surface area contributed by atoms with Crippen molar-refractivity contribution in [1.82, 2.24) is 0 Å². The van der Waals surface area contributed by atoms with Crippen molar-refractivity contribution in [1.29, 1.82) is 0 Å². The van der Waals surface area contributed by atoms with Crippen LogP contribution in [0.2, 0.25) is 0 Å². The molecule has 0 radical (unpaired) electrons. The molecule has 1 heteroatoms. The lowest BCUT2D eigenvalue weighted by Crippen LogP contribution is -1.92. The SMILES string of the molecule is C(=Cc1cccc2ccccc12)COc1ccccc1. The van der Waals surface area contributed by atoms with E-state index in [9.17, 15) is 0 Å². The van der Waals surface area contributed by atoms with Gasteiger partial charge in [0.05, 0.1) is 0 Å². The monoisotopic (exact) mass is 260 g/mol. The molecule has 3 aromatic rings. The maximum absolute atomic E-state index is 5.65. The predicted octanol–water partition coefficient (Wildman–Crippen LogP) is 4.93. The molecule has 20 heavy (non-hydrogen) atoms. The first-order chi connectivity index (χ1) is 9.93. The van der Waals surface area contributed by atoms with Gasteiger partial charge in [-0.25, -0.2) is 0 Å². The molecule has 0 spiro atoms. The Balaban J connectivity index is 1.72. The van der Waals surface area contributed by atoms with Crippen LogP contribution in [0.3, 0.4) is 0 Å². The maximum atomic E-state index is 5.65. The molecule has 0 heterocycles. The van der Waals surface area contributed by atoms with E-state index in [4.69, 9.17) is 4.74 Å². The van der Waals surface area contributed by atoms with Gasteiger partial charge in [-0.3, -0.25) is 0 Å². The van der Waals surface area contributed by atoms with Crippen LogP contribution in [0.5, 0.6) is 5.75 Å². The van der Waals surface area contributed by atoms with Crippen molar-refractivity contribution in [3.05, 3.63) is 84.4 Å². The molecule has 0 aliphatic carbocycles. The fourth-order valence-corrected chi connectivity index (χ4v) is 2.23. The Morgan fingerprint density at radius 1 is 0.750 bits per heavy atom. The second kappa shape index (κ2) is 6.07. The fourth-order valence-electron chi connectivity index (χ4n) is 2.23. The van der Waals surface area contributed by atoms with Crippen molar-refractivity contribution in [3.8, 4) is 5.75 Å². The first-order valence-electron chi connectivity index (χ1n) is 6.76. The van der Waals surface area contributed by atoms with Gasteiger partial charge < -0.3 is 4.74 Å². The summed E-state index contributed by atoms with van der Waals surface area (Å²) in [6, 6.07) is 24.6. The van der Waals surface area contributed by atoms with Crippen LogP contribution in [0.4, 0.5) is 0 Å². The molecular formula is C19H16O. The van der Waals surface area contributed by atoms with Gasteiger partial charge in [0.1, 0.15) is 12.4 Å². The Hall–Kier alpha value is -2.54. The third-order valence-electron chi connectivity index (χ3n) is 3.21. The van der Waals surface area contributed by atoms with Crippen molar-refractivity contribution in [2.45, 2.75) is 0 Å². The molecule has 0 bridgehead atoms. The minimum Gasteiger partial charge on any atom is -0.490 e. The number of fused-ring (bicyclic) bond motifs is 1. The molecule has 0 atom stereocenters. The Bertz CT molecular complexity index is 709. The van der Waals surface area contributed by atoms with Gasteiger partial charge in [-0.05, 0) is 34.5 Å². The molecule has 0 saturated carbocycles. The lowest BCUT2D eigenvalue weighted by atomic mass is 10.0. The maximum Gasteiger partial charge on any atom is 0.119 e. The fraction of sp³-hybridized carbons (Fsp3) is 0.0526. The van der Waals surface area contributed by atoms with Crippen molar-refractivity contribution in [2.75, 3.05) is 6.61 Å². The third-order valence-corrected chi connectivity index (χ3v) is 3.21. The summed E-state index contributed by atoms with van der Waals surface area (Å²) in [6.07, 6.45) is 4.17. The van der Waals surface area contributed by atoms with Crippen LogP contribution in [-0.4, -0.2) is 6.61 Å². The van der Waals surface area contributed by atoms with Crippen molar-refractivity contribution < 1.29 is 4.74 Å². The largest absolute Gasteiger partial charge is 0.490 e. The second-order valence-electron chi connectivity index (χ2n) is 4.59. The molecule has 0 fully saturated rings. The number of hydrogen-bond donors (Lipinski definition) is 0. The van der Waals surface area contributed by atoms with E-state index < -0.39 is 0 Å². The first kappa shape index (κ1) is 12.5. The van der Waals surface area contributed by atoms with Crippen LogP contribution in [-0.2, 0) is 0 Å². The zero-order chi connectivity index (χ0) is 13.6. The molecule has 0 unspecified atom stereocenters. The summed E-state index contributed by atoms with van der Waals surface area (Å²) in [5.41, 5.74) is 1.22. The Morgan fingerprint density at radius 2 is 1.50 bits per heavy atom. The lowest BCUT2D eigenvalue weighted by molar-refractivity contribution is 0.363. The quantitative estimate of drug-likeness (QED) is 0.646. The van der Waals surface area contributed by atoms with E-state index in [1.165, 1.54) is 16.3 Å². The summed E-state index contributed by atoms with van der Waals surface area (Å²) in [5, 5.41) is 2.53. The average molecular weight is 260 g/mol. The summed E-state index contributed by atoms with van der Waals surface area (Å²) in [7, 11) is 0. The van der Waals surface area contributed by atoms with E-state index in [0.29, 0.717) is 6.61 Å². The highest BCUT2D eigenvalue weighted by atomic mass is 16.5. The van der Waals surface area contributed by atoms with Gasteiger partial charge in [0.2, 0.25) is 0 Å². The highest BCUT2D eigenvalue weighted by molar-refractivity contribution is 5.90. The summed E-state index contributed by atoms with van der Waals surface area (Å²) in [4.78, 5) is 0. The predicted molar refractivity (Wildman–Crippen MR) is 84.9 cm³/mol. The Morgan fingerprint density at radius 3 is 2.40 bits per heavy atom. The zero-order valence-corrected chi connectivity index (χ0v) is 11.2. The van der Waals surface area contributed by atoms with Crippen molar-refractivity contribution in [2.24, 2.45) is 0 Å². The normalized spacial score (nSPS) is 11.0. The molecule has 0 aliphatic heterocycles. The standard InChI is InChI=1S/C19H16O/c1-2-12-18(13-3-1)20-15-7-11-17-10-6-9-16-8-4-5-14-19(16)17/h1-14H,15H2. The molecule has 0 saturated heterocycles. The summed E-state index contributed by atoms with van der Waals surface area (Å²) in [6.45, 7) is 0.577. The number of benzene rings is 3. The topological polar surface area (TPSA) is 9.23 Å². The van der Waals surface area contributed by atoms with E-state index >= 15 is 0 Å². The smallest absolute Gasteiger partial charge is 0.119 e. The van der Waals surface area contributed by atoms with Gasteiger partial charge >= 0.3 is 0 Å². The molecule has 0 N–H and O–H groups in total. The van der Waals surface area contributed by atoms with Gasteiger partial charge in [0.25, 0.3) is 0 Å². The molecule has 98 valence electrons. The van der Waals surface area contributed by atoms with Crippen LogP contribution < -0.4 is 4.74 Å². The highest BCUT2D eigenvalue weighted by Crippen LogP contribution is 2.19. The number of para-hydroxylation sites is 1. The van der Waals surface area contributed by atoms with Gasteiger partial charge in [0.15, 0.2) is 0 Å². The van der Waals surface area contributed by atoms with Crippen LogP contribution in [0.25, 0.3) is 16.8 Å². The van der Waals surface area contributed by atoms with Crippen molar-refractivity contribution in [3.63, 3.8) is 0 Å². The van der Waals surface area contributed by atoms with Gasteiger partial charge in [-0.2, -0.15) is 0 Å². The van der Waals surface area contributed by atoms with Crippen molar-refractivity contribution >= 4 is 16.8 Å². The number of hydrogen-bond acceptors (Lipinski definition) is 1. The van der Waals surface area contributed by atoms with E-state index in [1.54, 1.807) is 0 Å². The minimum absolute atomic E-state index is 0.577. The molecule has 3 aromatic carbocycles. The van der Waals surface area contributed by atoms with Crippen LogP contribution in [0, 0.1) is 0 Å². The van der Waals surface area contributed by atoms with E-state index in [-0.39, 0.29) is 0 Å². The summed E-state index contributed by atoms with van der Waals surface area (Å²) >= 11 is 0. The summed E-state index contributed by atoms with van der Waals surface area (Å²) < 4.78 is 5.65. The van der Waals surface area contributed by atoms with Crippen LogP contribution >= 0.6 is 0 Å². The lowest BCUT2D eigenvalue weighted by Gasteiger charge is -2.03. The average Bonchev–Trinajstić information content (AvgIpc) is 2.53. The molecule has 3 rings (SSSR count). The van der Waals surface area contributed by atoms with Gasteiger partial charge in [0, 0.05) is 0 Å². The third kappa shape index (κ3) is 2.89. The first-order valence-corrected chi connectivity index (χ1v) is 6.76. The van der Waals surface area contributed by atoms with Gasteiger partial charge in [-0.15, -0.1) is 0 Å². The van der Waals surface area contributed by atoms with Crippen LogP contribution in [0.1, 0.15) is 5.56 Å². The molecule has 0 aliphatic rings. The number of rotatable bonds is 4. The Kier molecular flexibility index (Phi) is 3.79. The highest BCUT2D eigenvalue weighted by Gasteiger charge is 1.96. The molecule has 0 amide bonds. The Labute approximate surface area is 119 Å². The molecule has 0 aromatic heterocycles. The van der Waals surface area contributed by atoms with E-state index in [2.05, 4.69) is 54.6 Å². The second-order valence-corrected chi connectivity index (χ2v) is 4.59. The van der Waals surface area contributed by atoms with Crippen LogP contribution in [0.15, 0.2) is 78.9 Å². The minimum atomic E-state index is 0.577. The number of ether oxygens (including phenoxy) is 1.